The van der Waals surface area contributed by atoms with Crippen LogP contribution in [0.1, 0.15) is 29.8 Å². The molecule has 0 saturated carbocycles. The van der Waals surface area contributed by atoms with Crippen LogP contribution >= 0.6 is 11.6 Å². The van der Waals surface area contributed by atoms with Gasteiger partial charge in [0, 0.05) is 62.2 Å². The lowest BCUT2D eigenvalue weighted by atomic mass is 10.1. The summed E-state index contributed by atoms with van der Waals surface area (Å²) in [5.74, 6) is -0.269. The lowest BCUT2D eigenvalue weighted by molar-refractivity contribution is 0.0872. The van der Waals surface area contributed by atoms with Crippen LogP contribution in [0.25, 0.3) is 0 Å². The van der Waals surface area contributed by atoms with Gasteiger partial charge in [-0.1, -0.05) is 17.7 Å². The lowest BCUT2D eigenvalue weighted by Crippen LogP contribution is -2.49. The number of aryl methyl sites for hydroxylation is 2. The third-order valence-corrected chi connectivity index (χ3v) is 7.81. The molecular weight excluding hydrogens is 426 g/mol. The minimum Gasteiger partial charge on any atom is -0.369 e. The molecule has 0 spiro atoms. The molecule has 0 aliphatic carbocycles. The fourth-order valence-corrected chi connectivity index (χ4v) is 5.47. The van der Waals surface area contributed by atoms with Crippen molar-refractivity contribution in [1.29, 1.82) is 0 Å². The summed E-state index contributed by atoms with van der Waals surface area (Å²) in [7, 11) is -3.87. The highest BCUT2D eigenvalue weighted by Gasteiger charge is 2.40. The van der Waals surface area contributed by atoms with Gasteiger partial charge in [0.2, 0.25) is 5.03 Å². The van der Waals surface area contributed by atoms with E-state index in [-0.39, 0.29) is 22.5 Å². The number of nitrogens with zero attached hydrogens (tertiary/aromatic N) is 5. The summed E-state index contributed by atoms with van der Waals surface area (Å²) in [5.41, 5.74) is 2.27. The summed E-state index contributed by atoms with van der Waals surface area (Å²) >= 11 is 6.14. The van der Waals surface area contributed by atoms with Gasteiger partial charge in [-0.15, -0.1) is 0 Å². The Morgan fingerprint density at radius 3 is 2.50 bits per heavy atom. The molecule has 0 N–H and O–H groups in total. The standard InChI is InChI=1S/C20H26ClN5O3S/c1-4-24-13-17(20(27)26-12-15(26)3)19(22-24)30(28,29)25-9-7-23(8-10-25)18-11-16(21)6-5-14(18)2/h5-6,11,13,15H,4,7-10,12H2,1-3H3/t15-,26?/m0/s1. The van der Waals surface area contributed by atoms with Gasteiger partial charge in [-0.3, -0.25) is 9.48 Å². The third kappa shape index (κ3) is 3.81. The van der Waals surface area contributed by atoms with E-state index in [1.54, 1.807) is 11.1 Å². The second kappa shape index (κ2) is 7.86. The molecule has 1 atom stereocenters. The van der Waals surface area contributed by atoms with E-state index in [0.29, 0.717) is 44.3 Å². The average molecular weight is 452 g/mol. The van der Waals surface area contributed by atoms with Crippen LogP contribution in [0.3, 0.4) is 0 Å². The number of hydrogen-bond donors (Lipinski definition) is 0. The number of piperazine rings is 1. The number of halogens is 1. The number of amides is 1. The van der Waals surface area contributed by atoms with Gasteiger partial charge in [0.05, 0.1) is 5.56 Å². The van der Waals surface area contributed by atoms with Gasteiger partial charge in [-0.25, -0.2) is 8.42 Å². The van der Waals surface area contributed by atoms with E-state index in [1.807, 2.05) is 39.0 Å². The van der Waals surface area contributed by atoms with Gasteiger partial charge in [-0.2, -0.15) is 9.40 Å². The molecule has 2 aromatic rings. The Morgan fingerprint density at radius 1 is 1.23 bits per heavy atom. The first kappa shape index (κ1) is 21.1. The van der Waals surface area contributed by atoms with Gasteiger partial charge in [0.25, 0.3) is 15.9 Å². The van der Waals surface area contributed by atoms with Crippen molar-refractivity contribution in [2.45, 2.75) is 38.4 Å². The topological polar surface area (TPSA) is 78.5 Å². The summed E-state index contributed by atoms with van der Waals surface area (Å²) in [6.45, 7) is 8.68. The van der Waals surface area contributed by atoms with Crippen molar-refractivity contribution in [3.05, 3.63) is 40.5 Å². The fraction of sp³-hybridized carbons (Fsp3) is 0.500. The van der Waals surface area contributed by atoms with Crippen LogP contribution in [0, 0.1) is 6.92 Å². The highest BCUT2D eigenvalue weighted by atomic mass is 35.5. The van der Waals surface area contributed by atoms with Crippen LogP contribution < -0.4 is 4.90 Å². The first-order valence-electron chi connectivity index (χ1n) is 10.1. The van der Waals surface area contributed by atoms with Crippen molar-refractivity contribution in [2.24, 2.45) is 0 Å². The highest BCUT2D eigenvalue weighted by Crippen LogP contribution is 2.29. The maximum Gasteiger partial charge on any atom is 0.263 e. The molecule has 2 fully saturated rings. The van der Waals surface area contributed by atoms with Crippen LogP contribution in [0.2, 0.25) is 5.02 Å². The van der Waals surface area contributed by atoms with Crippen molar-refractivity contribution in [3.63, 3.8) is 0 Å². The van der Waals surface area contributed by atoms with E-state index in [0.717, 1.165) is 11.3 Å². The Labute approximate surface area is 182 Å². The van der Waals surface area contributed by atoms with Gasteiger partial charge in [0.15, 0.2) is 0 Å². The lowest BCUT2D eigenvalue weighted by Gasteiger charge is -2.35. The maximum atomic E-state index is 13.4. The molecule has 3 heterocycles. The van der Waals surface area contributed by atoms with Crippen molar-refractivity contribution < 1.29 is 13.2 Å². The second-order valence-corrected chi connectivity index (χ2v) is 10.1. The number of carbonyl (C=O) groups is 1. The molecule has 10 heteroatoms. The molecule has 4 rings (SSSR count). The zero-order valence-corrected chi connectivity index (χ0v) is 18.9. The molecule has 1 amide bonds. The van der Waals surface area contributed by atoms with Crippen molar-refractivity contribution in [3.8, 4) is 0 Å². The Balaban J connectivity index is 1.56. The fourth-order valence-electron chi connectivity index (χ4n) is 3.79. The Bertz CT molecular complexity index is 1080. The minimum absolute atomic E-state index is 0.138. The number of sulfonamides is 1. The van der Waals surface area contributed by atoms with E-state index in [4.69, 9.17) is 11.6 Å². The van der Waals surface area contributed by atoms with Crippen molar-refractivity contribution in [1.82, 2.24) is 19.0 Å². The summed E-state index contributed by atoms with van der Waals surface area (Å²) in [6.07, 6.45) is 1.55. The zero-order chi connectivity index (χ0) is 21.6. The SMILES string of the molecule is CCn1cc(C(=O)N2C[C@@H]2C)c(S(=O)(=O)N2CCN(c3cc(Cl)ccc3C)CC2)n1. The smallest absolute Gasteiger partial charge is 0.263 e. The Kier molecular flexibility index (Phi) is 5.54. The first-order valence-corrected chi connectivity index (χ1v) is 11.9. The quantitative estimate of drug-likeness (QED) is 0.651. The summed E-state index contributed by atoms with van der Waals surface area (Å²) in [5, 5.41) is 4.76. The minimum atomic E-state index is -3.87. The van der Waals surface area contributed by atoms with E-state index in [1.165, 1.54) is 8.99 Å². The van der Waals surface area contributed by atoms with Crippen molar-refractivity contribution >= 4 is 33.2 Å². The molecule has 0 bridgehead atoms. The monoisotopic (exact) mass is 451 g/mol. The summed E-state index contributed by atoms with van der Waals surface area (Å²) in [4.78, 5) is 16.6. The number of rotatable bonds is 5. The van der Waals surface area contributed by atoms with Crippen LogP contribution in [0.5, 0.6) is 0 Å². The Morgan fingerprint density at radius 2 is 1.90 bits per heavy atom. The molecule has 8 nitrogen and oxygen atoms in total. The van der Waals surface area contributed by atoms with Gasteiger partial charge < -0.3 is 9.80 Å². The Hall–Kier alpha value is -2.10. The number of benzene rings is 1. The molecule has 162 valence electrons. The molecule has 2 saturated heterocycles. The zero-order valence-electron chi connectivity index (χ0n) is 17.4. The molecule has 0 radical (unpaired) electrons. The molecule has 1 aromatic heterocycles. The van der Waals surface area contributed by atoms with Crippen LogP contribution in [-0.4, -0.2) is 72.1 Å². The van der Waals surface area contributed by atoms with E-state index in [2.05, 4.69) is 10.00 Å². The van der Waals surface area contributed by atoms with E-state index >= 15 is 0 Å². The van der Waals surface area contributed by atoms with Crippen LogP contribution in [0.15, 0.2) is 29.4 Å². The van der Waals surface area contributed by atoms with Gasteiger partial charge in [-0.05, 0) is 38.5 Å². The summed E-state index contributed by atoms with van der Waals surface area (Å²) in [6, 6.07) is 5.86. The molecular formula is C20H26ClN5O3S. The predicted octanol–water partition coefficient (Wildman–Crippen LogP) is 2.22. The molecule has 30 heavy (non-hydrogen) atoms. The highest BCUT2D eigenvalue weighted by molar-refractivity contribution is 7.89. The van der Waals surface area contributed by atoms with Crippen molar-refractivity contribution in [2.75, 3.05) is 37.6 Å². The van der Waals surface area contributed by atoms with E-state index in [9.17, 15) is 13.2 Å². The predicted molar refractivity (Wildman–Crippen MR) is 116 cm³/mol. The largest absolute Gasteiger partial charge is 0.369 e. The number of hydrogen-bond acceptors (Lipinski definition) is 5. The third-order valence-electron chi connectivity index (χ3n) is 5.74. The number of anilines is 1. The van der Waals surface area contributed by atoms with E-state index < -0.39 is 10.0 Å². The molecule has 2 aliphatic heterocycles. The maximum absolute atomic E-state index is 13.4. The first-order chi connectivity index (χ1) is 14.2. The normalized spacial score (nSPS) is 19.9. The average Bonchev–Trinajstić information content (AvgIpc) is 3.29. The summed E-state index contributed by atoms with van der Waals surface area (Å²) < 4.78 is 29.7. The second-order valence-electron chi connectivity index (χ2n) is 7.83. The van der Waals surface area contributed by atoms with Crippen LogP contribution in [0.4, 0.5) is 5.69 Å². The molecule has 0 unspecified atom stereocenters. The molecule has 2 aliphatic rings. The number of aromatic nitrogens is 2. The number of carbonyl (C=O) groups excluding carboxylic acids is 1. The molecule has 1 aromatic carbocycles. The van der Waals surface area contributed by atoms with Gasteiger partial charge in [0.1, 0.15) is 0 Å². The van der Waals surface area contributed by atoms with Gasteiger partial charge >= 0.3 is 0 Å². The van der Waals surface area contributed by atoms with Crippen LogP contribution in [-0.2, 0) is 16.6 Å².